The van der Waals surface area contributed by atoms with Crippen molar-refractivity contribution >= 4 is 18.3 Å². The van der Waals surface area contributed by atoms with Crippen molar-refractivity contribution in [2.45, 2.75) is 40.5 Å². The van der Waals surface area contributed by atoms with Crippen LogP contribution in [0.25, 0.3) is 0 Å². The molecule has 4 nitrogen and oxygen atoms in total. The van der Waals surface area contributed by atoms with Gasteiger partial charge in [-0.15, -0.1) is 0 Å². The first kappa shape index (κ1) is 16.8. The predicted molar refractivity (Wildman–Crippen MR) is 84.9 cm³/mol. The Morgan fingerprint density at radius 2 is 1.85 bits per heavy atom. The summed E-state index contributed by atoms with van der Waals surface area (Å²) < 4.78 is 5.87. The molecule has 0 atom stereocenters. The van der Waals surface area contributed by atoms with Gasteiger partial charge in [-0.1, -0.05) is 13.8 Å². The molecule has 20 heavy (non-hydrogen) atoms. The van der Waals surface area contributed by atoms with Gasteiger partial charge in [-0.25, -0.2) is 0 Å². The summed E-state index contributed by atoms with van der Waals surface area (Å²) >= 11 is 4.41. The van der Waals surface area contributed by atoms with Crippen LogP contribution in [0.2, 0.25) is 0 Å². The Labute approximate surface area is 126 Å². The van der Waals surface area contributed by atoms with Gasteiger partial charge in [-0.2, -0.15) is 12.6 Å². The molecule has 1 aromatic carbocycles. The van der Waals surface area contributed by atoms with Crippen LogP contribution < -0.4 is 4.74 Å². The van der Waals surface area contributed by atoms with Gasteiger partial charge in [0.25, 0.3) is 5.69 Å². The van der Waals surface area contributed by atoms with Crippen molar-refractivity contribution in [2.24, 2.45) is 5.41 Å². The minimum atomic E-state index is -0.368. The molecule has 0 bridgehead atoms. The largest absolute Gasteiger partial charge is 0.492 e. The van der Waals surface area contributed by atoms with E-state index < -0.39 is 0 Å². The van der Waals surface area contributed by atoms with E-state index in [0.29, 0.717) is 17.9 Å². The fourth-order valence-corrected chi connectivity index (χ4v) is 2.67. The van der Waals surface area contributed by atoms with Crippen LogP contribution in [-0.4, -0.2) is 17.3 Å². The number of benzene rings is 1. The summed E-state index contributed by atoms with van der Waals surface area (Å²) in [6.07, 6.45) is 1.94. The van der Waals surface area contributed by atoms with Gasteiger partial charge in [0.05, 0.1) is 17.6 Å². The number of aryl methyl sites for hydroxylation is 2. The molecule has 0 saturated heterocycles. The van der Waals surface area contributed by atoms with E-state index in [0.717, 1.165) is 24.2 Å². The average molecular weight is 297 g/mol. The lowest BCUT2D eigenvalue weighted by Gasteiger charge is -2.29. The van der Waals surface area contributed by atoms with Crippen LogP contribution >= 0.6 is 12.6 Å². The maximum absolute atomic E-state index is 11.0. The minimum absolute atomic E-state index is 0.0230. The van der Waals surface area contributed by atoms with Gasteiger partial charge >= 0.3 is 0 Å². The van der Waals surface area contributed by atoms with Crippen LogP contribution in [0.5, 0.6) is 5.75 Å². The molecule has 0 radical (unpaired) electrons. The third-order valence-electron chi connectivity index (χ3n) is 4.06. The first-order valence-electron chi connectivity index (χ1n) is 6.88. The molecule has 0 amide bonds. The van der Waals surface area contributed by atoms with Gasteiger partial charge in [0.15, 0.2) is 0 Å². The van der Waals surface area contributed by atoms with Crippen molar-refractivity contribution in [3.05, 3.63) is 33.4 Å². The highest BCUT2D eigenvalue weighted by atomic mass is 32.1. The second-order valence-electron chi connectivity index (χ2n) is 5.32. The summed E-state index contributed by atoms with van der Waals surface area (Å²) in [6, 6.07) is 3.33. The van der Waals surface area contributed by atoms with E-state index in [1.807, 2.05) is 6.92 Å². The Kier molecular flexibility index (Phi) is 5.87. The number of ether oxygens (including phenoxy) is 1. The first-order valence-corrected chi connectivity index (χ1v) is 7.51. The van der Waals surface area contributed by atoms with Crippen LogP contribution in [-0.2, 0) is 0 Å². The second-order valence-corrected chi connectivity index (χ2v) is 5.63. The lowest BCUT2D eigenvalue weighted by molar-refractivity contribution is -0.385. The summed E-state index contributed by atoms with van der Waals surface area (Å²) in [5.74, 6) is 1.34. The smallest absolute Gasteiger partial charge is 0.276 e. The molecule has 0 aliphatic heterocycles. The molecular formula is C15H23NO3S. The number of hydrogen-bond donors (Lipinski definition) is 1. The quantitative estimate of drug-likeness (QED) is 0.463. The maximum Gasteiger partial charge on any atom is 0.276 e. The lowest BCUT2D eigenvalue weighted by Crippen LogP contribution is -2.29. The predicted octanol–water partition coefficient (Wildman–Crippen LogP) is 4.33. The summed E-state index contributed by atoms with van der Waals surface area (Å²) in [6.45, 7) is 8.42. The number of hydrogen-bond acceptors (Lipinski definition) is 4. The Hall–Kier alpha value is -1.23. The molecule has 0 fully saturated rings. The normalized spacial score (nSPS) is 11.4. The van der Waals surface area contributed by atoms with Crippen molar-refractivity contribution in [1.82, 2.24) is 0 Å². The van der Waals surface area contributed by atoms with Crippen molar-refractivity contribution < 1.29 is 9.66 Å². The van der Waals surface area contributed by atoms with Crippen molar-refractivity contribution in [3.8, 4) is 5.75 Å². The fraction of sp³-hybridized carbons (Fsp3) is 0.600. The molecule has 1 aromatic rings. The van der Waals surface area contributed by atoms with Crippen molar-refractivity contribution in [2.75, 3.05) is 12.4 Å². The second kappa shape index (κ2) is 6.97. The topological polar surface area (TPSA) is 52.4 Å². The van der Waals surface area contributed by atoms with Crippen LogP contribution in [0.3, 0.4) is 0 Å². The molecule has 0 saturated carbocycles. The number of rotatable bonds is 7. The molecular weight excluding hydrogens is 274 g/mol. The van der Waals surface area contributed by atoms with E-state index in [1.54, 1.807) is 13.0 Å². The van der Waals surface area contributed by atoms with Gasteiger partial charge < -0.3 is 4.74 Å². The SMILES string of the molecule is CCC(CC)(CS)COc1cc([N+](=O)[O-])c(C)cc1C. The number of nitro benzene ring substituents is 1. The van der Waals surface area contributed by atoms with Crippen molar-refractivity contribution in [3.63, 3.8) is 0 Å². The molecule has 0 spiro atoms. The Balaban J connectivity index is 2.98. The zero-order chi connectivity index (χ0) is 15.3. The van der Waals surface area contributed by atoms with Crippen LogP contribution in [0.1, 0.15) is 37.8 Å². The third-order valence-corrected chi connectivity index (χ3v) is 4.73. The summed E-state index contributed by atoms with van der Waals surface area (Å²) in [5.41, 5.74) is 1.71. The zero-order valence-electron chi connectivity index (χ0n) is 12.6. The number of nitrogens with zero attached hydrogens (tertiary/aromatic N) is 1. The van der Waals surface area contributed by atoms with Crippen LogP contribution in [0.4, 0.5) is 5.69 Å². The van der Waals surface area contributed by atoms with Gasteiger partial charge in [0, 0.05) is 11.0 Å². The van der Waals surface area contributed by atoms with Crippen molar-refractivity contribution in [1.29, 1.82) is 0 Å². The first-order chi connectivity index (χ1) is 9.39. The monoisotopic (exact) mass is 297 g/mol. The molecule has 0 heterocycles. The average Bonchev–Trinajstić information content (AvgIpc) is 2.42. The standard InChI is InChI=1S/C15H23NO3S/c1-5-15(6-2,10-20)9-19-14-8-13(16(17)18)11(3)7-12(14)4/h7-8,20H,5-6,9-10H2,1-4H3. The molecule has 0 unspecified atom stereocenters. The van der Waals surface area contributed by atoms with Crippen LogP contribution in [0, 0.1) is 29.4 Å². The third kappa shape index (κ3) is 3.66. The summed E-state index contributed by atoms with van der Waals surface area (Å²) in [7, 11) is 0. The van der Waals surface area contributed by atoms with Gasteiger partial charge in [0.2, 0.25) is 0 Å². The minimum Gasteiger partial charge on any atom is -0.492 e. The highest BCUT2D eigenvalue weighted by molar-refractivity contribution is 7.80. The molecule has 5 heteroatoms. The number of nitro groups is 1. The van der Waals surface area contributed by atoms with Gasteiger partial charge in [-0.05, 0) is 44.1 Å². The molecule has 0 aliphatic rings. The van der Waals surface area contributed by atoms with E-state index in [-0.39, 0.29) is 16.0 Å². The van der Waals surface area contributed by atoms with Gasteiger partial charge in [0.1, 0.15) is 5.75 Å². The van der Waals surface area contributed by atoms with E-state index in [2.05, 4.69) is 26.5 Å². The van der Waals surface area contributed by atoms with E-state index in [4.69, 9.17) is 4.74 Å². The van der Waals surface area contributed by atoms with E-state index in [1.165, 1.54) is 6.07 Å². The fourth-order valence-electron chi connectivity index (χ4n) is 2.13. The van der Waals surface area contributed by atoms with E-state index >= 15 is 0 Å². The Morgan fingerprint density at radius 3 is 2.30 bits per heavy atom. The molecule has 0 aromatic heterocycles. The maximum atomic E-state index is 11.0. The number of thiol groups is 1. The molecule has 0 aliphatic carbocycles. The Morgan fingerprint density at radius 1 is 1.25 bits per heavy atom. The molecule has 112 valence electrons. The van der Waals surface area contributed by atoms with Crippen LogP contribution in [0.15, 0.2) is 12.1 Å². The summed E-state index contributed by atoms with van der Waals surface area (Å²) in [5, 5.41) is 11.0. The molecule has 0 N–H and O–H groups in total. The zero-order valence-corrected chi connectivity index (χ0v) is 13.5. The highest BCUT2D eigenvalue weighted by Gasteiger charge is 2.26. The highest BCUT2D eigenvalue weighted by Crippen LogP contribution is 2.32. The molecule has 1 rings (SSSR count). The summed E-state index contributed by atoms with van der Waals surface area (Å²) in [4.78, 5) is 10.6. The van der Waals surface area contributed by atoms with Gasteiger partial charge in [-0.3, -0.25) is 10.1 Å². The lowest BCUT2D eigenvalue weighted by atomic mass is 9.85. The Bertz CT molecular complexity index is 476. The van der Waals surface area contributed by atoms with E-state index in [9.17, 15) is 10.1 Å².